The summed E-state index contributed by atoms with van der Waals surface area (Å²) in [4.78, 5) is 55.1. The molecule has 40 heavy (non-hydrogen) atoms. The third kappa shape index (κ3) is 3.83. The fourth-order valence-corrected chi connectivity index (χ4v) is 11.1. The van der Waals surface area contributed by atoms with Crippen LogP contribution in [0.3, 0.4) is 0 Å². The molecule has 0 spiro atoms. The third-order valence-electron chi connectivity index (χ3n) is 10.0. The van der Waals surface area contributed by atoms with Crippen LogP contribution in [-0.2, 0) is 38.8 Å². The Hall–Kier alpha value is -1.80. The van der Waals surface area contributed by atoms with Gasteiger partial charge in [0, 0.05) is 22.6 Å². The fourth-order valence-electron chi connectivity index (χ4n) is 8.58. The van der Waals surface area contributed by atoms with Crippen molar-refractivity contribution in [1.82, 2.24) is 4.90 Å². The smallest absolute Gasteiger partial charge is 0.405 e. The van der Waals surface area contributed by atoms with Gasteiger partial charge in [-0.1, -0.05) is 0 Å². The zero-order valence-electron chi connectivity index (χ0n) is 22.5. The summed E-state index contributed by atoms with van der Waals surface area (Å²) < 4.78 is 70.8. The molecule has 7 rings (SSSR count). The first-order valence-electron chi connectivity index (χ1n) is 13.7. The SMILES string of the molecule is CC(OC(=O)C1C2SC3C1C(=O)N(C(C)(C)C)C3C2OC(=O)C12CC3CC(C1)C(=O)C(C3)C2)C(F)(F)S(=O)(=O)O. The number of thioether (sulfide) groups is 1. The molecule has 1 amide bonds. The second kappa shape index (κ2) is 8.62. The van der Waals surface area contributed by atoms with Crippen LogP contribution in [0, 0.1) is 35.0 Å². The molecule has 4 saturated carbocycles. The number of rotatable bonds is 6. The third-order valence-corrected chi connectivity index (χ3v) is 12.8. The van der Waals surface area contributed by atoms with Crippen LogP contribution < -0.4 is 0 Å². The Balaban J connectivity index is 1.29. The number of likely N-dealkylation sites (tertiary alicyclic amines) is 1. The topological polar surface area (TPSA) is 144 Å². The summed E-state index contributed by atoms with van der Waals surface area (Å²) in [5, 5.41) is -5.98. The first-order chi connectivity index (χ1) is 18.4. The minimum atomic E-state index is -5.87. The molecule has 0 aromatic carbocycles. The molecule has 10 nitrogen and oxygen atoms in total. The van der Waals surface area contributed by atoms with Gasteiger partial charge in [0.15, 0.2) is 6.10 Å². The van der Waals surface area contributed by atoms with Gasteiger partial charge in [-0.3, -0.25) is 23.7 Å². The molecule has 1 N–H and O–H groups in total. The molecule has 3 aliphatic heterocycles. The molecule has 6 bridgehead atoms. The van der Waals surface area contributed by atoms with Crippen LogP contribution in [0.1, 0.15) is 59.8 Å². The Bertz CT molecular complexity index is 1280. The highest BCUT2D eigenvalue weighted by molar-refractivity contribution is 8.01. The van der Waals surface area contributed by atoms with Gasteiger partial charge in [-0.05, 0) is 65.7 Å². The number of Topliss-reactive ketones (excluding diaryl/α,β-unsaturated/α-hetero) is 1. The summed E-state index contributed by atoms with van der Waals surface area (Å²) in [6.45, 7) is 6.11. The molecule has 222 valence electrons. The van der Waals surface area contributed by atoms with E-state index in [0.29, 0.717) is 26.2 Å². The zero-order valence-corrected chi connectivity index (χ0v) is 24.2. The van der Waals surface area contributed by atoms with Crippen molar-refractivity contribution in [3.05, 3.63) is 0 Å². The number of nitrogens with zero attached hydrogens (tertiary/aromatic N) is 1. The van der Waals surface area contributed by atoms with Gasteiger partial charge >= 0.3 is 27.3 Å². The number of ketones is 1. The van der Waals surface area contributed by atoms with Crippen molar-refractivity contribution in [3.8, 4) is 0 Å². The summed E-state index contributed by atoms with van der Waals surface area (Å²) in [6, 6.07) is -0.535. The van der Waals surface area contributed by atoms with E-state index in [2.05, 4.69) is 0 Å². The van der Waals surface area contributed by atoms with Crippen molar-refractivity contribution in [3.63, 3.8) is 0 Å². The van der Waals surface area contributed by atoms with E-state index in [1.807, 2.05) is 20.8 Å². The van der Waals surface area contributed by atoms with Crippen molar-refractivity contribution in [2.24, 2.45) is 35.0 Å². The highest BCUT2D eigenvalue weighted by Gasteiger charge is 2.74. The van der Waals surface area contributed by atoms with Gasteiger partial charge < -0.3 is 14.4 Å². The highest BCUT2D eigenvalue weighted by Crippen LogP contribution is 2.63. The van der Waals surface area contributed by atoms with Gasteiger partial charge in [0.05, 0.1) is 28.5 Å². The van der Waals surface area contributed by atoms with E-state index in [1.165, 1.54) is 11.8 Å². The highest BCUT2D eigenvalue weighted by atomic mass is 32.2. The molecular weight excluding hydrogens is 572 g/mol. The molecule has 0 aromatic rings. The van der Waals surface area contributed by atoms with Crippen LogP contribution in [0.2, 0.25) is 0 Å². The Morgan fingerprint density at radius 2 is 1.70 bits per heavy atom. The Labute approximate surface area is 235 Å². The maximum atomic E-state index is 14.2. The second-order valence-corrected chi connectivity index (χ2v) is 16.4. The lowest BCUT2D eigenvalue weighted by molar-refractivity contribution is -0.184. The van der Waals surface area contributed by atoms with E-state index in [1.54, 1.807) is 4.90 Å². The van der Waals surface area contributed by atoms with Crippen LogP contribution in [0.5, 0.6) is 0 Å². The average Bonchev–Trinajstić information content (AvgIpc) is 3.43. The number of alkyl halides is 2. The molecule has 7 aliphatic rings. The maximum absolute atomic E-state index is 14.2. The van der Waals surface area contributed by atoms with Crippen LogP contribution >= 0.6 is 11.8 Å². The maximum Gasteiger partial charge on any atom is 0.405 e. The number of esters is 2. The normalized spacial score (nSPS) is 42.5. The summed E-state index contributed by atoms with van der Waals surface area (Å²) in [7, 11) is -5.87. The molecule has 4 aliphatic carbocycles. The minimum Gasteiger partial charge on any atom is -0.458 e. The fraction of sp³-hybridized carbons (Fsp3) is 0.846. The molecule has 7 fully saturated rings. The Kier molecular flexibility index (Phi) is 6.10. The van der Waals surface area contributed by atoms with Crippen LogP contribution in [-0.4, -0.2) is 81.0 Å². The first-order valence-corrected chi connectivity index (χ1v) is 16.0. The Morgan fingerprint density at radius 3 is 2.25 bits per heavy atom. The summed E-state index contributed by atoms with van der Waals surface area (Å²) >= 11 is 1.29. The van der Waals surface area contributed by atoms with Gasteiger partial charge in [0.1, 0.15) is 11.9 Å². The lowest BCUT2D eigenvalue weighted by Crippen LogP contribution is -2.58. The first kappa shape index (κ1) is 28.3. The van der Waals surface area contributed by atoms with Gasteiger partial charge in [0.2, 0.25) is 5.91 Å². The molecule has 3 heterocycles. The average molecular weight is 606 g/mol. The van der Waals surface area contributed by atoms with E-state index in [0.717, 1.165) is 12.8 Å². The number of fused-ring (bicyclic) bond motifs is 1. The number of carbonyl (C=O) groups excluding carboxylic acids is 4. The monoisotopic (exact) mass is 605 g/mol. The molecule has 0 aromatic heterocycles. The van der Waals surface area contributed by atoms with E-state index in [-0.39, 0.29) is 29.4 Å². The molecule has 0 radical (unpaired) electrons. The summed E-state index contributed by atoms with van der Waals surface area (Å²) in [6.07, 6.45) is -0.388. The van der Waals surface area contributed by atoms with E-state index >= 15 is 0 Å². The lowest BCUT2D eigenvalue weighted by atomic mass is 9.49. The largest absolute Gasteiger partial charge is 0.458 e. The van der Waals surface area contributed by atoms with Crippen molar-refractivity contribution >= 4 is 45.5 Å². The number of amides is 1. The number of hydrogen-bond donors (Lipinski definition) is 1. The van der Waals surface area contributed by atoms with Gasteiger partial charge in [-0.25, -0.2) is 0 Å². The number of halogens is 2. The van der Waals surface area contributed by atoms with Crippen molar-refractivity contribution in [2.75, 3.05) is 0 Å². The van der Waals surface area contributed by atoms with Crippen LogP contribution in [0.15, 0.2) is 0 Å². The molecule has 9 unspecified atom stereocenters. The van der Waals surface area contributed by atoms with E-state index in [9.17, 15) is 36.4 Å². The quantitative estimate of drug-likeness (QED) is 0.354. The van der Waals surface area contributed by atoms with E-state index in [4.69, 9.17) is 14.0 Å². The molecular formula is C26H33F2NO9S2. The molecule has 3 saturated heterocycles. The zero-order chi connectivity index (χ0) is 29.3. The number of ether oxygens (including phenoxy) is 2. The number of hydrogen-bond acceptors (Lipinski definition) is 9. The van der Waals surface area contributed by atoms with Crippen molar-refractivity contribution in [2.45, 2.75) is 99.3 Å². The predicted molar refractivity (Wildman–Crippen MR) is 135 cm³/mol. The molecule has 9 atom stereocenters. The van der Waals surface area contributed by atoms with Gasteiger partial charge in [-0.15, -0.1) is 11.8 Å². The molecule has 14 heteroatoms. The van der Waals surface area contributed by atoms with Gasteiger partial charge in [-0.2, -0.15) is 17.2 Å². The summed E-state index contributed by atoms with van der Waals surface area (Å²) in [5.74, 6) is -4.02. The predicted octanol–water partition coefficient (Wildman–Crippen LogP) is 2.45. The Morgan fingerprint density at radius 1 is 1.10 bits per heavy atom. The second-order valence-electron chi connectivity index (χ2n) is 13.5. The lowest BCUT2D eigenvalue weighted by Gasteiger charge is -2.54. The summed E-state index contributed by atoms with van der Waals surface area (Å²) in [5.41, 5.74) is -1.50. The standard InChI is InChI=1S/C26H33F2NO9S2/c1-10(26(27,28)40(34,35)36)37-22(32)15-14-19-16(29(21(14)31)24(2,3)4)18(20(15)39-19)38-23(33)25-7-11-5-12(8-25)17(30)13(6-11)9-25/h10-16,18-20H,5-9H2,1-4H3,(H,34,35,36). The van der Waals surface area contributed by atoms with Crippen molar-refractivity contribution in [1.29, 1.82) is 0 Å². The van der Waals surface area contributed by atoms with Gasteiger partial charge in [0.25, 0.3) is 0 Å². The van der Waals surface area contributed by atoms with Crippen LogP contribution in [0.25, 0.3) is 0 Å². The van der Waals surface area contributed by atoms with Crippen LogP contribution in [0.4, 0.5) is 8.78 Å². The number of carbonyl (C=O) groups is 4. The minimum absolute atomic E-state index is 0.162. The van der Waals surface area contributed by atoms with E-state index < -0.39 is 78.9 Å². The van der Waals surface area contributed by atoms with Crippen molar-refractivity contribution < 1.29 is 50.4 Å².